The number of thiophene rings is 1. The molecule has 2 fully saturated rings. The lowest BCUT2D eigenvalue weighted by Crippen LogP contribution is -2.49. The number of nitriles is 1. The Morgan fingerprint density at radius 3 is 2.56 bits per heavy atom. The minimum atomic E-state index is -1.65. The average Bonchev–Trinajstić information content (AvgIpc) is 3.57. The molecule has 0 amide bonds. The number of rotatable bonds is 6. The van der Waals surface area contributed by atoms with Gasteiger partial charge in [-0.05, 0) is 97.3 Å². The van der Waals surface area contributed by atoms with E-state index in [1.165, 1.54) is 36.1 Å². The topological polar surface area (TPSA) is 72.1 Å². The zero-order valence-corrected chi connectivity index (χ0v) is 25.4. The van der Waals surface area contributed by atoms with Crippen LogP contribution in [0.1, 0.15) is 47.6 Å². The fourth-order valence-electron chi connectivity index (χ4n) is 7.11. The standard InChI is InChI=1S/C35H29FN2O3S2/c1-21-6-9-27(10-7-21)43(40)38-30-11-8-26(36)15-29(30)32(28-12-13-42-31(28)20-37)33(38)23-5-3-4-22(14-23)24-16-35(17-24)18-25(19-35)34(39)41-2/h3-15,24-25H,16-19H2,1-2H3. The van der Waals surface area contributed by atoms with Gasteiger partial charge in [-0.1, -0.05) is 35.9 Å². The van der Waals surface area contributed by atoms with Gasteiger partial charge < -0.3 is 4.74 Å². The second-order valence-corrected chi connectivity index (χ2v) is 14.1. The maximum atomic E-state index is 14.8. The quantitative estimate of drug-likeness (QED) is 0.182. The van der Waals surface area contributed by atoms with E-state index < -0.39 is 16.8 Å². The average molecular weight is 609 g/mol. The smallest absolute Gasteiger partial charge is 0.308 e. The third kappa shape index (κ3) is 4.62. The molecule has 7 rings (SSSR count). The number of fused-ring (bicyclic) bond motifs is 1. The summed E-state index contributed by atoms with van der Waals surface area (Å²) in [5.74, 6) is -0.144. The molecule has 216 valence electrons. The van der Waals surface area contributed by atoms with Gasteiger partial charge >= 0.3 is 5.97 Å². The Morgan fingerprint density at radius 1 is 1.07 bits per heavy atom. The van der Waals surface area contributed by atoms with Gasteiger partial charge in [-0.25, -0.2) is 8.60 Å². The van der Waals surface area contributed by atoms with Crippen LogP contribution in [0.4, 0.5) is 4.39 Å². The number of halogens is 1. The third-order valence-corrected chi connectivity index (χ3v) is 11.4. The largest absolute Gasteiger partial charge is 0.469 e. The van der Waals surface area contributed by atoms with Crippen molar-refractivity contribution in [3.8, 4) is 28.5 Å². The zero-order chi connectivity index (χ0) is 29.9. The molecule has 0 N–H and O–H groups in total. The zero-order valence-electron chi connectivity index (χ0n) is 23.8. The van der Waals surface area contributed by atoms with E-state index in [-0.39, 0.29) is 17.3 Å². The molecular weight excluding hydrogens is 580 g/mol. The number of nitrogens with zero attached hydrogens (tertiary/aromatic N) is 2. The summed E-state index contributed by atoms with van der Waals surface area (Å²) < 4.78 is 35.9. The Kier molecular flexibility index (Phi) is 6.83. The number of hydrogen-bond acceptors (Lipinski definition) is 5. The minimum Gasteiger partial charge on any atom is -0.469 e. The van der Waals surface area contributed by atoms with Gasteiger partial charge in [-0.3, -0.25) is 8.77 Å². The molecule has 43 heavy (non-hydrogen) atoms. The van der Waals surface area contributed by atoms with Crippen molar-refractivity contribution < 1.29 is 18.1 Å². The van der Waals surface area contributed by atoms with Crippen molar-refractivity contribution in [2.24, 2.45) is 11.3 Å². The van der Waals surface area contributed by atoms with Gasteiger partial charge in [0.15, 0.2) is 11.0 Å². The second-order valence-electron chi connectivity index (χ2n) is 11.9. The van der Waals surface area contributed by atoms with Gasteiger partial charge in [0.1, 0.15) is 16.8 Å². The summed E-state index contributed by atoms with van der Waals surface area (Å²) in [6.07, 6.45) is 3.79. The first kappa shape index (κ1) is 27.8. The highest BCUT2D eigenvalue weighted by molar-refractivity contribution is 7.83. The van der Waals surface area contributed by atoms with Crippen LogP contribution in [0.2, 0.25) is 0 Å². The predicted molar refractivity (Wildman–Crippen MR) is 167 cm³/mol. The molecular formula is C35H29FN2O3S2. The molecule has 2 aliphatic rings. The SMILES string of the molecule is COC(=O)C1CC2(C1)CC(c1cccc(-c3c(-c4ccsc4C#N)c4cc(F)ccc4n3S(=O)c3ccc(C)cc3)c1)C2. The Bertz CT molecular complexity index is 1950. The van der Waals surface area contributed by atoms with E-state index in [0.717, 1.165) is 36.8 Å². The van der Waals surface area contributed by atoms with E-state index in [2.05, 4.69) is 18.2 Å². The van der Waals surface area contributed by atoms with E-state index in [9.17, 15) is 18.7 Å². The number of hydrogen-bond donors (Lipinski definition) is 0. The van der Waals surface area contributed by atoms with Crippen molar-refractivity contribution in [3.63, 3.8) is 0 Å². The minimum absolute atomic E-state index is 0.00707. The van der Waals surface area contributed by atoms with Crippen LogP contribution in [0.5, 0.6) is 0 Å². The van der Waals surface area contributed by atoms with Gasteiger partial charge in [0.25, 0.3) is 0 Å². The maximum absolute atomic E-state index is 14.8. The number of benzene rings is 3. The van der Waals surface area contributed by atoms with E-state index in [4.69, 9.17) is 4.74 Å². The van der Waals surface area contributed by atoms with Gasteiger partial charge in [-0.15, -0.1) is 11.3 Å². The molecule has 5 aromatic rings. The highest BCUT2D eigenvalue weighted by atomic mass is 32.2. The summed E-state index contributed by atoms with van der Waals surface area (Å²) >= 11 is 1.34. The monoisotopic (exact) mass is 608 g/mol. The van der Waals surface area contributed by atoms with Crippen LogP contribution >= 0.6 is 11.3 Å². The number of methoxy groups -OCH3 is 1. The Labute approximate surface area is 256 Å². The first-order valence-corrected chi connectivity index (χ1v) is 16.3. The van der Waals surface area contributed by atoms with Crippen LogP contribution in [0.15, 0.2) is 83.1 Å². The summed E-state index contributed by atoms with van der Waals surface area (Å²) in [6.45, 7) is 1.99. The molecule has 2 aliphatic carbocycles. The molecule has 2 heterocycles. The van der Waals surface area contributed by atoms with E-state index in [1.54, 1.807) is 10.0 Å². The summed E-state index contributed by atoms with van der Waals surface area (Å²) in [7, 11) is -0.196. The van der Waals surface area contributed by atoms with Crippen LogP contribution < -0.4 is 0 Å². The van der Waals surface area contributed by atoms with E-state index in [1.807, 2.05) is 54.8 Å². The van der Waals surface area contributed by atoms with Crippen molar-refractivity contribution in [3.05, 3.63) is 100.0 Å². The first-order valence-electron chi connectivity index (χ1n) is 14.3. The molecule has 1 unspecified atom stereocenters. The van der Waals surface area contributed by atoms with E-state index in [0.29, 0.717) is 43.4 Å². The van der Waals surface area contributed by atoms with Gasteiger partial charge in [0.05, 0.1) is 29.1 Å². The van der Waals surface area contributed by atoms with Gasteiger partial charge in [0.2, 0.25) is 0 Å². The molecule has 2 saturated carbocycles. The van der Waals surface area contributed by atoms with Crippen molar-refractivity contribution in [2.45, 2.75) is 43.4 Å². The molecule has 0 radical (unpaired) electrons. The summed E-state index contributed by atoms with van der Waals surface area (Å²) in [5, 5.41) is 12.4. The Balaban J connectivity index is 1.38. The Morgan fingerprint density at radius 2 is 1.84 bits per heavy atom. The van der Waals surface area contributed by atoms with Crippen molar-refractivity contribution >= 4 is 39.2 Å². The van der Waals surface area contributed by atoms with Crippen LogP contribution in [-0.4, -0.2) is 21.3 Å². The highest BCUT2D eigenvalue weighted by Gasteiger charge is 2.55. The van der Waals surface area contributed by atoms with Crippen LogP contribution in [0.3, 0.4) is 0 Å². The molecule has 1 spiro atoms. The maximum Gasteiger partial charge on any atom is 0.308 e. The number of carbonyl (C=O) groups excluding carboxylic acids is 1. The molecule has 1 atom stereocenters. The van der Waals surface area contributed by atoms with Gasteiger partial charge in [0, 0.05) is 22.1 Å². The molecule has 3 aromatic carbocycles. The molecule has 0 bridgehead atoms. The summed E-state index contributed by atoms with van der Waals surface area (Å²) in [6, 6.07) is 24.6. The Hall–Kier alpha value is -4.06. The van der Waals surface area contributed by atoms with Gasteiger partial charge in [-0.2, -0.15) is 5.26 Å². The fourth-order valence-corrected chi connectivity index (χ4v) is 9.08. The predicted octanol–water partition coefficient (Wildman–Crippen LogP) is 8.37. The number of carbonyl (C=O) groups is 1. The van der Waals surface area contributed by atoms with Crippen molar-refractivity contribution in [1.82, 2.24) is 3.97 Å². The number of aryl methyl sites for hydroxylation is 1. The molecule has 0 saturated heterocycles. The van der Waals surface area contributed by atoms with Crippen LogP contribution in [0.25, 0.3) is 33.3 Å². The fraction of sp³-hybridized carbons (Fsp3) is 0.257. The lowest BCUT2D eigenvalue weighted by Gasteiger charge is -2.57. The molecule has 2 aromatic heterocycles. The van der Waals surface area contributed by atoms with E-state index >= 15 is 0 Å². The lowest BCUT2D eigenvalue weighted by molar-refractivity contribution is -0.159. The number of esters is 1. The van der Waals surface area contributed by atoms with Crippen LogP contribution in [0, 0.1) is 35.4 Å². The molecule has 0 aliphatic heterocycles. The summed E-state index contributed by atoms with van der Waals surface area (Å²) in [4.78, 5) is 13.1. The second kappa shape index (κ2) is 10.6. The van der Waals surface area contributed by atoms with Crippen LogP contribution in [-0.2, 0) is 20.5 Å². The molecule has 5 nitrogen and oxygen atoms in total. The molecule has 8 heteroatoms. The first-order chi connectivity index (χ1) is 20.8. The van der Waals surface area contributed by atoms with Crippen molar-refractivity contribution in [1.29, 1.82) is 5.26 Å². The van der Waals surface area contributed by atoms with Crippen molar-refractivity contribution in [2.75, 3.05) is 7.11 Å². The summed E-state index contributed by atoms with van der Waals surface area (Å²) in [5.41, 5.74) is 6.06. The number of ether oxygens (including phenoxy) is 1. The normalized spacial score (nSPS) is 21.6. The third-order valence-electron chi connectivity index (χ3n) is 9.19. The highest BCUT2D eigenvalue weighted by Crippen LogP contribution is 2.64. The lowest BCUT2D eigenvalue weighted by atomic mass is 9.47. The number of aromatic nitrogens is 1.